The number of hydrogen-bond donors (Lipinski definition) is 1. The van der Waals surface area contributed by atoms with Crippen LogP contribution in [0.1, 0.15) is 32.4 Å². The first-order chi connectivity index (χ1) is 9.56. The van der Waals surface area contributed by atoms with Crippen molar-refractivity contribution in [1.29, 1.82) is 0 Å². The van der Waals surface area contributed by atoms with Gasteiger partial charge in [0.15, 0.2) is 0 Å². The summed E-state index contributed by atoms with van der Waals surface area (Å²) in [5.41, 5.74) is 7.40. The minimum Gasteiger partial charge on any atom is -0.496 e. The van der Waals surface area contributed by atoms with E-state index in [2.05, 4.69) is 24.8 Å². The smallest absolute Gasteiger partial charge is 0.123 e. The van der Waals surface area contributed by atoms with Crippen LogP contribution >= 0.6 is 0 Å². The number of methoxy groups -OCH3 is 2. The molecule has 1 rings (SSSR count). The molecule has 4 nitrogen and oxygen atoms in total. The van der Waals surface area contributed by atoms with E-state index in [9.17, 15) is 0 Å². The summed E-state index contributed by atoms with van der Waals surface area (Å²) in [6, 6.07) is 8.50. The van der Waals surface area contributed by atoms with Crippen LogP contribution in [0.25, 0.3) is 0 Å². The maximum absolute atomic E-state index is 6.26. The highest BCUT2D eigenvalue weighted by Gasteiger charge is 2.28. The van der Waals surface area contributed by atoms with Crippen molar-refractivity contribution in [3.8, 4) is 5.75 Å². The van der Waals surface area contributed by atoms with Crippen LogP contribution in [0.2, 0.25) is 0 Å². The lowest BCUT2D eigenvalue weighted by atomic mass is 9.96. The highest BCUT2D eigenvalue weighted by Crippen LogP contribution is 2.32. The molecular weight excluding hydrogens is 252 g/mol. The molecule has 0 saturated carbocycles. The Morgan fingerprint density at radius 3 is 2.35 bits per heavy atom. The molecule has 114 valence electrons. The Morgan fingerprint density at radius 2 is 1.85 bits per heavy atom. The van der Waals surface area contributed by atoms with Gasteiger partial charge in [0.1, 0.15) is 5.75 Å². The van der Waals surface area contributed by atoms with E-state index in [1.807, 2.05) is 25.1 Å². The maximum atomic E-state index is 6.26. The first-order valence-electron chi connectivity index (χ1n) is 7.19. The lowest BCUT2D eigenvalue weighted by molar-refractivity contribution is 0.0645. The molecule has 1 aromatic carbocycles. The van der Waals surface area contributed by atoms with Crippen LogP contribution in [0.15, 0.2) is 24.3 Å². The van der Waals surface area contributed by atoms with Crippen LogP contribution in [-0.4, -0.2) is 44.4 Å². The SMILES string of the molecule is CCN(C(C)COC)C(c1ccccc1OC)C(C)N. The van der Waals surface area contributed by atoms with Gasteiger partial charge >= 0.3 is 0 Å². The normalized spacial score (nSPS) is 15.9. The van der Waals surface area contributed by atoms with Crippen molar-refractivity contribution in [3.05, 3.63) is 29.8 Å². The summed E-state index contributed by atoms with van der Waals surface area (Å²) in [5.74, 6) is 0.887. The number of ether oxygens (including phenoxy) is 2. The predicted molar refractivity (Wildman–Crippen MR) is 83.1 cm³/mol. The van der Waals surface area contributed by atoms with Gasteiger partial charge in [-0.3, -0.25) is 4.90 Å². The van der Waals surface area contributed by atoms with Crippen molar-refractivity contribution in [2.24, 2.45) is 5.73 Å². The topological polar surface area (TPSA) is 47.7 Å². The van der Waals surface area contributed by atoms with E-state index in [1.165, 1.54) is 0 Å². The number of para-hydroxylation sites is 1. The number of benzene rings is 1. The average Bonchev–Trinajstić information content (AvgIpc) is 2.44. The Hall–Kier alpha value is -1.10. The Kier molecular flexibility index (Phi) is 6.99. The molecule has 0 amide bonds. The Bertz CT molecular complexity index is 396. The van der Waals surface area contributed by atoms with E-state index < -0.39 is 0 Å². The van der Waals surface area contributed by atoms with Gasteiger partial charge in [0.2, 0.25) is 0 Å². The first kappa shape index (κ1) is 17.0. The fourth-order valence-electron chi connectivity index (χ4n) is 2.79. The number of nitrogens with zero attached hydrogens (tertiary/aromatic N) is 1. The monoisotopic (exact) mass is 280 g/mol. The van der Waals surface area contributed by atoms with Crippen molar-refractivity contribution in [1.82, 2.24) is 4.90 Å². The fourth-order valence-corrected chi connectivity index (χ4v) is 2.79. The van der Waals surface area contributed by atoms with Gasteiger partial charge in [-0.2, -0.15) is 0 Å². The summed E-state index contributed by atoms with van der Waals surface area (Å²) in [7, 11) is 3.43. The molecule has 0 aliphatic heterocycles. The van der Waals surface area contributed by atoms with E-state index in [1.54, 1.807) is 14.2 Å². The van der Waals surface area contributed by atoms with E-state index in [0.717, 1.165) is 17.9 Å². The second-order valence-corrected chi connectivity index (χ2v) is 5.18. The number of rotatable bonds is 8. The van der Waals surface area contributed by atoms with Crippen LogP contribution < -0.4 is 10.5 Å². The van der Waals surface area contributed by atoms with E-state index in [4.69, 9.17) is 15.2 Å². The standard InChI is InChI=1S/C16H28N2O2/c1-6-18(12(2)11-19-4)16(13(3)17)14-9-7-8-10-15(14)20-5/h7-10,12-13,16H,6,11,17H2,1-5H3. The second-order valence-electron chi connectivity index (χ2n) is 5.18. The third-order valence-corrected chi connectivity index (χ3v) is 3.65. The van der Waals surface area contributed by atoms with Crippen LogP contribution in [0.5, 0.6) is 5.75 Å². The van der Waals surface area contributed by atoms with Crippen molar-refractivity contribution in [2.75, 3.05) is 27.4 Å². The molecule has 3 atom stereocenters. The number of hydrogen-bond acceptors (Lipinski definition) is 4. The fraction of sp³-hybridized carbons (Fsp3) is 0.625. The summed E-state index contributed by atoms with van der Waals surface area (Å²) in [6.45, 7) is 7.95. The number of nitrogens with two attached hydrogens (primary N) is 1. The van der Waals surface area contributed by atoms with Gasteiger partial charge in [0.25, 0.3) is 0 Å². The Balaban J connectivity index is 3.15. The zero-order chi connectivity index (χ0) is 15.1. The Morgan fingerprint density at radius 1 is 1.20 bits per heavy atom. The van der Waals surface area contributed by atoms with Crippen molar-refractivity contribution in [2.45, 2.75) is 38.9 Å². The van der Waals surface area contributed by atoms with Crippen LogP contribution in [0.4, 0.5) is 0 Å². The third kappa shape index (κ3) is 3.95. The third-order valence-electron chi connectivity index (χ3n) is 3.65. The van der Waals surface area contributed by atoms with Gasteiger partial charge in [-0.15, -0.1) is 0 Å². The summed E-state index contributed by atoms with van der Waals surface area (Å²) in [6.07, 6.45) is 0. The summed E-state index contributed by atoms with van der Waals surface area (Å²) >= 11 is 0. The van der Waals surface area contributed by atoms with Crippen molar-refractivity contribution >= 4 is 0 Å². The molecule has 4 heteroatoms. The molecule has 0 spiro atoms. The molecule has 20 heavy (non-hydrogen) atoms. The molecule has 2 N–H and O–H groups in total. The lowest BCUT2D eigenvalue weighted by Crippen LogP contribution is -2.45. The summed E-state index contributed by atoms with van der Waals surface area (Å²) < 4.78 is 10.8. The predicted octanol–water partition coefficient (Wildman–Crippen LogP) is 2.44. The van der Waals surface area contributed by atoms with Gasteiger partial charge in [0.05, 0.1) is 19.8 Å². The molecule has 0 aliphatic rings. The molecule has 0 bridgehead atoms. The highest BCUT2D eigenvalue weighted by molar-refractivity contribution is 5.36. The van der Waals surface area contributed by atoms with E-state index >= 15 is 0 Å². The minimum atomic E-state index is 0.00514. The Labute approximate surface area is 122 Å². The molecule has 0 saturated heterocycles. The van der Waals surface area contributed by atoms with Crippen LogP contribution in [0, 0.1) is 0 Å². The molecule has 0 fully saturated rings. The molecule has 0 aliphatic carbocycles. The molecule has 0 aromatic heterocycles. The zero-order valence-corrected chi connectivity index (χ0v) is 13.3. The highest BCUT2D eigenvalue weighted by atomic mass is 16.5. The molecule has 3 unspecified atom stereocenters. The molecule has 0 radical (unpaired) electrons. The van der Waals surface area contributed by atoms with E-state index in [0.29, 0.717) is 12.6 Å². The minimum absolute atomic E-state index is 0.00514. The summed E-state index contributed by atoms with van der Waals surface area (Å²) in [4.78, 5) is 2.37. The van der Waals surface area contributed by atoms with Crippen LogP contribution in [-0.2, 0) is 4.74 Å². The first-order valence-corrected chi connectivity index (χ1v) is 7.19. The molecular formula is C16H28N2O2. The zero-order valence-electron chi connectivity index (χ0n) is 13.3. The summed E-state index contributed by atoms with van der Waals surface area (Å²) in [5, 5.41) is 0. The van der Waals surface area contributed by atoms with Gasteiger partial charge in [-0.05, 0) is 26.5 Å². The van der Waals surface area contributed by atoms with Crippen molar-refractivity contribution < 1.29 is 9.47 Å². The largest absolute Gasteiger partial charge is 0.496 e. The van der Waals surface area contributed by atoms with Crippen LogP contribution in [0.3, 0.4) is 0 Å². The maximum Gasteiger partial charge on any atom is 0.123 e. The van der Waals surface area contributed by atoms with Crippen molar-refractivity contribution in [3.63, 3.8) is 0 Å². The molecule has 0 heterocycles. The van der Waals surface area contributed by atoms with Gasteiger partial charge in [0, 0.05) is 24.8 Å². The quantitative estimate of drug-likeness (QED) is 0.794. The van der Waals surface area contributed by atoms with Gasteiger partial charge in [-0.1, -0.05) is 25.1 Å². The number of likely N-dealkylation sites (N-methyl/N-ethyl adjacent to an activating group) is 1. The molecule has 1 aromatic rings. The van der Waals surface area contributed by atoms with E-state index in [-0.39, 0.29) is 12.1 Å². The lowest BCUT2D eigenvalue weighted by Gasteiger charge is -2.38. The van der Waals surface area contributed by atoms with Gasteiger partial charge < -0.3 is 15.2 Å². The average molecular weight is 280 g/mol. The second kappa shape index (κ2) is 8.25. The van der Waals surface area contributed by atoms with Gasteiger partial charge in [-0.25, -0.2) is 0 Å².